The van der Waals surface area contributed by atoms with Gasteiger partial charge in [-0.05, 0) is 53.1 Å². The van der Waals surface area contributed by atoms with Gasteiger partial charge in [-0.2, -0.15) is 0 Å². The Labute approximate surface area is 231 Å². The van der Waals surface area contributed by atoms with Crippen LogP contribution in [0.15, 0.2) is 103 Å². The molecule has 1 fully saturated rings. The number of nitrogens with zero attached hydrogens (tertiary/aromatic N) is 2. The molecule has 3 heterocycles. The summed E-state index contributed by atoms with van der Waals surface area (Å²) in [5.41, 5.74) is 2.74. The van der Waals surface area contributed by atoms with Crippen molar-refractivity contribution >= 4 is 17.4 Å². The Hall–Kier alpha value is -5.11. The van der Waals surface area contributed by atoms with Crippen LogP contribution in [0, 0.1) is 0 Å². The molecule has 0 radical (unpaired) electrons. The molecule has 3 aromatic carbocycles. The third-order valence-electron chi connectivity index (χ3n) is 6.85. The summed E-state index contributed by atoms with van der Waals surface area (Å²) in [6.45, 7) is 1.30. The predicted molar refractivity (Wildman–Crippen MR) is 147 cm³/mol. The fourth-order valence-electron chi connectivity index (χ4n) is 4.94. The molecule has 0 bridgehead atoms. The zero-order valence-corrected chi connectivity index (χ0v) is 21.5. The summed E-state index contributed by atoms with van der Waals surface area (Å²) in [5, 5.41) is 11.5. The number of aromatic nitrogens is 1. The van der Waals surface area contributed by atoms with E-state index in [4.69, 9.17) is 14.2 Å². The number of ketones is 1. The van der Waals surface area contributed by atoms with Gasteiger partial charge in [0.1, 0.15) is 31.3 Å². The van der Waals surface area contributed by atoms with Crippen molar-refractivity contribution in [1.29, 1.82) is 0 Å². The molecule has 4 aromatic rings. The minimum atomic E-state index is -0.853. The highest BCUT2D eigenvalue weighted by atomic mass is 16.6. The van der Waals surface area contributed by atoms with Crippen molar-refractivity contribution in [2.75, 3.05) is 13.2 Å². The molecule has 0 spiro atoms. The summed E-state index contributed by atoms with van der Waals surface area (Å²) in [6.07, 6.45) is 3.29. The van der Waals surface area contributed by atoms with Crippen LogP contribution in [0.4, 0.5) is 0 Å². The molecule has 1 amide bonds. The van der Waals surface area contributed by atoms with Crippen molar-refractivity contribution in [3.8, 4) is 17.2 Å². The van der Waals surface area contributed by atoms with Crippen molar-refractivity contribution in [1.82, 2.24) is 9.88 Å². The Morgan fingerprint density at radius 2 is 1.70 bits per heavy atom. The van der Waals surface area contributed by atoms with Gasteiger partial charge in [0, 0.05) is 24.5 Å². The van der Waals surface area contributed by atoms with E-state index in [1.165, 1.54) is 4.90 Å². The number of carbonyl (C=O) groups excluding carboxylic acids is 2. The van der Waals surface area contributed by atoms with Gasteiger partial charge < -0.3 is 24.2 Å². The number of pyridine rings is 1. The molecule has 2 aliphatic heterocycles. The van der Waals surface area contributed by atoms with Crippen LogP contribution in [-0.2, 0) is 22.7 Å². The zero-order chi connectivity index (χ0) is 27.5. The first-order valence-corrected chi connectivity index (χ1v) is 12.9. The molecule has 1 aromatic heterocycles. The van der Waals surface area contributed by atoms with Crippen LogP contribution < -0.4 is 14.2 Å². The molecule has 0 saturated carbocycles. The van der Waals surface area contributed by atoms with Gasteiger partial charge in [-0.3, -0.25) is 14.6 Å². The van der Waals surface area contributed by atoms with Gasteiger partial charge >= 0.3 is 0 Å². The third kappa shape index (κ3) is 4.99. The average molecular weight is 535 g/mol. The van der Waals surface area contributed by atoms with Gasteiger partial charge in [0.25, 0.3) is 11.7 Å². The van der Waals surface area contributed by atoms with Crippen LogP contribution >= 0.6 is 0 Å². The molecule has 200 valence electrons. The highest BCUT2D eigenvalue weighted by Gasteiger charge is 2.46. The molecule has 40 heavy (non-hydrogen) atoms. The van der Waals surface area contributed by atoms with Crippen LogP contribution in [0.1, 0.15) is 28.3 Å². The SMILES string of the molecule is O=C1C(=O)N(Cc2cccnc2)C(c2cccc(OCc3ccccc3)c2)C1=C(O)c1ccc2c(c1)OCCO2. The van der Waals surface area contributed by atoms with E-state index in [2.05, 4.69) is 4.98 Å². The lowest BCUT2D eigenvalue weighted by Gasteiger charge is -2.26. The summed E-state index contributed by atoms with van der Waals surface area (Å²) < 4.78 is 17.3. The Kier molecular flexibility index (Phi) is 6.89. The minimum absolute atomic E-state index is 0.00854. The standard InChI is InChI=1S/C32H26N2O6/c35-30(24-11-12-26-27(17-24)39-15-14-38-26)28-29(34(32(37)31(28)36)19-22-8-5-13-33-18-22)23-9-4-10-25(16-23)40-20-21-6-2-1-3-7-21/h1-13,16-18,29,35H,14-15,19-20H2. The number of aliphatic hydroxyl groups excluding tert-OH is 1. The number of aliphatic hydroxyl groups is 1. The highest BCUT2D eigenvalue weighted by molar-refractivity contribution is 6.46. The number of amides is 1. The molecule has 8 nitrogen and oxygen atoms in total. The Balaban J connectivity index is 1.41. The van der Waals surface area contributed by atoms with Crippen molar-refractivity contribution in [3.63, 3.8) is 0 Å². The van der Waals surface area contributed by atoms with E-state index >= 15 is 0 Å². The van der Waals surface area contributed by atoms with Gasteiger partial charge in [0.05, 0.1) is 11.6 Å². The number of ether oxygens (including phenoxy) is 3. The summed E-state index contributed by atoms with van der Waals surface area (Å²) >= 11 is 0. The fraction of sp³-hybridized carbons (Fsp3) is 0.156. The molecular formula is C32H26N2O6. The van der Waals surface area contributed by atoms with Crippen molar-refractivity contribution in [2.24, 2.45) is 0 Å². The fourth-order valence-corrected chi connectivity index (χ4v) is 4.94. The Bertz CT molecular complexity index is 1590. The third-order valence-corrected chi connectivity index (χ3v) is 6.85. The molecule has 8 heteroatoms. The monoisotopic (exact) mass is 534 g/mol. The number of fused-ring (bicyclic) bond motifs is 1. The zero-order valence-electron chi connectivity index (χ0n) is 21.5. The predicted octanol–water partition coefficient (Wildman–Crippen LogP) is 5.05. The smallest absolute Gasteiger partial charge is 0.295 e. The van der Waals surface area contributed by atoms with E-state index in [1.807, 2.05) is 54.6 Å². The minimum Gasteiger partial charge on any atom is -0.507 e. The first kappa shape index (κ1) is 25.2. The molecule has 1 saturated heterocycles. The van der Waals surface area contributed by atoms with E-state index in [-0.39, 0.29) is 17.9 Å². The second-order valence-corrected chi connectivity index (χ2v) is 9.49. The van der Waals surface area contributed by atoms with Gasteiger partial charge in [-0.25, -0.2) is 0 Å². The molecule has 2 aliphatic rings. The van der Waals surface area contributed by atoms with Crippen LogP contribution in [0.2, 0.25) is 0 Å². The highest BCUT2D eigenvalue weighted by Crippen LogP contribution is 2.42. The summed E-state index contributed by atoms with van der Waals surface area (Å²) in [4.78, 5) is 32.5. The van der Waals surface area contributed by atoms with Crippen LogP contribution in [0.25, 0.3) is 5.76 Å². The van der Waals surface area contributed by atoms with Crippen molar-refractivity contribution in [2.45, 2.75) is 19.2 Å². The number of hydrogen-bond acceptors (Lipinski definition) is 7. The topological polar surface area (TPSA) is 98.2 Å². The summed E-state index contributed by atoms with van der Waals surface area (Å²) in [5.74, 6) is -0.162. The second-order valence-electron chi connectivity index (χ2n) is 9.49. The lowest BCUT2D eigenvalue weighted by atomic mass is 9.95. The van der Waals surface area contributed by atoms with E-state index in [0.717, 1.165) is 11.1 Å². The quantitative estimate of drug-likeness (QED) is 0.201. The number of benzene rings is 3. The molecular weight excluding hydrogens is 508 g/mol. The first-order valence-electron chi connectivity index (χ1n) is 12.9. The summed E-state index contributed by atoms with van der Waals surface area (Å²) in [6, 6.07) is 24.7. The average Bonchev–Trinajstić information content (AvgIpc) is 3.25. The molecule has 6 rings (SSSR count). The molecule has 1 atom stereocenters. The largest absolute Gasteiger partial charge is 0.507 e. The van der Waals surface area contributed by atoms with E-state index < -0.39 is 17.7 Å². The molecule has 1 unspecified atom stereocenters. The van der Waals surface area contributed by atoms with Crippen molar-refractivity contribution < 1.29 is 28.9 Å². The van der Waals surface area contributed by atoms with Crippen molar-refractivity contribution in [3.05, 3.63) is 125 Å². The van der Waals surface area contributed by atoms with Crippen LogP contribution in [0.3, 0.4) is 0 Å². The van der Waals surface area contributed by atoms with Gasteiger partial charge in [0.2, 0.25) is 0 Å². The summed E-state index contributed by atoms with van der Waals surface area (Å²) in [7, 11) is 0. The van der Waals surface area contributed by atoms with E-state index in [9.17, 15) is 14.7 Å². The molecule has 0 aliphatic carbocycles. The normalized spacial score (nSPS) is 17.6. The maximum atomic E-state index is 13.5. The molecule has 1 N–H and O–H groups in total. The first-order chi connectivity index (χ1) is 19.6. The van der Waals surface area contributed by atoms with E-state index in [0.29, 0.717) is 48.2 Å². The van der Waals surface area contributed by atoms with Gasteiger partial charge in [-0.1, -0.05) is 48.5 Å². The van der Waals surface area contributed by atoms with E-state index in [1.54, 1.807) is 42.7 Å². The number of hydrogen-bond donors (Lipinski definition) is 1. The van der Waals surface area contributed by atoms with Gasteiger partial charge in [0.15, 0.2) is 11.5 Å². The number of likely N-dealkylation sites (tertiary alicyclic amines) is 1. The number of carbonyl (C=O) groups is 2. The number of rotatable bonds is 7. The number of Topliss-reactive ketones (excluding diaryl/α,β-unsaturated/α-hetero) is 1. The second kappa shape index (κ2) is 10.9. The Morgan fingerprint density at radius 3 is 2.50 bits per heavy atom. The van der Waals surface area contributed by atoms with Gasteiger partial charge in [-0.15, -0.1) is 0 Å². The Morgan fingerprint density at radius 1 is 0.900 bits per heavy atom. The maximum Gasteiger partial charge on any atom is 0.295 e. The maximum absolute atomic E-state index is 13.5. The van der Waals surface area contributed by atoms with Crippen LogP contribution in [0.5, 0.6) is 17.2 Å². The lowest BCUT2D eigenvalue weighted by Crippen LogP contribution is -2.29. The van der Waals surface area contributed by atoms with Crippen LogP contribution in [-0.4, -0.2) is 39.9 Å². The lowest BCUT2D eigenvalue weighted by molar-refractivity contribution is -0.140.